The Morgan fingerprint density at radius 2 is 1.75 bits per heavy atom. The Morgan fingerprint density at radius 3 is 2.35 bits per heavy atom. The minimum absolute atomic E-state index is 0.0150. The zero-order chi connectivity index (χ0) is 14.8. The second-order valence-corrected chi connectivity index (χ2v) is 5.77. The largest absolute Gasteiger partial charge is 0.352 e. The van der Waals surface area contributed by atoms with E-state index in [9.17, 15) is 4.79 Å². The lowest BCUT2D eigenvalue weighted by atomic mass is 10.2. The van der Waals surface area contributed by atoms with Gasteiger partial charge >= 0.3 is 0 Å². The first-order valence-electron chi connectivity index (χ1n) is 7.43. The van der Waals surface area contributed by atoms with Crippen LogP contribution < -0.4 is 5.32 Å². The van der Waals surface area contributed by atoms with Crippen LogP contribution in [-0.2, 0) is 0 Å². The highest BCUT2D eigenvalue weighted by atomic mass is 79.9. The van der Waals surface area contributed by atoms with Crippen molar-refractivity contribution in [2.45, 2.75) is 33.1 Å². The van der Waals surface area contributed by atoms with Crippen molar-refractivity contribution in [2.24, 2.45) is 0 Å². The van der Waals surface area contributed by atoms with Gasteiger partial charge in [-0.1, -0.05) is 36.2 Å². The first-order chi connectivity index (χ1) is 9.67. The number of carbonyl (C=O) groups is 1. The normalized spacial score (nSPS) is 10.8. The van der Waals surface area contributed by atoms with Crippen molar-refractivity contribution < 1.29 is 4.79 Å². The van der Waals surface area contributed by atoms with Crippen LogP contribution in [0.15, 0.2) is 28.7 Å². The number of hydrogen-bond acceptors (Lipinski definition) is 2. The maximum absolute atomic E-state index is 11.9. The molecule has 0 aliphatic carbocycles. The standard InChI is InChI=1S/C16H25BrN2O/c1-3-19(4-2)13-7-5-6-12-18-16(20)14-8-10-15(17)11-9-14/h8-11H,3-7,12-13H2,1-2H3,(H,18,20). The molecule has 0 atom stereocenters. The van der Waals surface area contributed by atoms with E-state index in [1.807, 2.05) is 24.3 Å². The Kier molecular flexibility index (Phi) is 8.54. The molecule has 0 aliphatic heterocycles. The third-order valence-electron chi connectivity index (χ3n) is 3.44. The van der Waals surface area contributed by atoms with Crippen LogP contribution in [0.4, 0.5) is 0 Å². The minimum Gasteiger partial charge on any atom is -0.352 e. The molecule has 3 nitrogen and oxygen atoms in total. The van der Waals surface area contributed by atoms with Gasteiger partial charge in [0, 0.05) is 16.6 Å². The van der Waals surface area contributed by atoms with Crippen LogP contribution in [0.25, 0.3) is 0 Å². The van der Waals surface area contributed by atoms with Gasteiger partial charge in [0.1, 0.15) is 0 Å². The summed E-state index contributed by atoms with van der Waals surface area (Å²) in [6.45, 7) is 8.55. The van der Waals surface area contributed by atoms with Crippen LogP contribution in [0, 0.1) is 0 Å². The van der Waals surface area contributed by atoms with E-state index in [1.165, 1.54) is 6.42 Å². The van der Waals surface area contributed by atoms with E-state index in [0.29, 0.717) is 0 Å². The first kappa shape index (κ1) is 17.2. The summed E-state index contributed by atoms with van der Waals surface area (Å²) in [5, 5.41) is 2.97. The fourth-order valence-corrected chi connectivity index (χ4v) is 2.35. The van der Waals surface area contributed by atoms with E-state index >= 15 is 0 Å². The molecule has 0 unspecified atom stereocenters. The summed E-state index contributed by atoms with van der Waals surface area (Å²) in [5.74, 6) is 0.0150. The molecule has 0 aliphatic rings. The van der Waals surface area contributed by atoms with E-state index in [1.54, 1.807) is 0 Å². The molecule has 0 spiro atoms. The highest BCUT2D eigenvalue weighted by molar-refractivity contribution is 9.10. The molecule has 20 heavy (non-hydrogen) atoms. The molecule has 0 bridgehead atoms. The zero-order valence-electron chi connectivity index (χ0n) is 12.5. The molecule has 1 aromatic rings. The summed E-state index contributed by atoms with van der Waals surface area (Å²) in [6, 6.07) is 7.44. The van der Waals surface area contributed by atoms with E-state index < -0.39 is 0 Å². The molecule has 0 radical (unpaired) electrons. The van der Waals surface area contributed by atoms with Gasteiger partial charge in [0.05, 0.1) is 0 Å². The molecule has 0 saturated carbocycles. The van der Waals surface area contributed by atoms with Crippen LogP contribution in [0.2, 0.25) is 0 Å². The van der Waals surface area contributed by atoms with Crippen LogP contribution in [0.3, 0.4) is 0 Å². The third kappa shape index (κ3) is 6.53. The highest BCUT2D eigenvalue weighted by Gasteiger charge is 2.04. The van der Waals surface area contributed by atoms with Crippen LogP contribution in [-0.4, -0.2) is 37.0 Å². The van der Waals surface area contributed by atoms with Gasteiger partial charge in [-0.15, -0.1) is 0 Å². The molecule has 0 saturated heterocycles. The molecule has 0 heterocycles. The monoisotopic (exact) mass is 340 g/mol. The van der Waals surface area contributed by atoms with Crippen molar-refractivity contribution in [3.63, 3.8) is 0 Å². The minimum atomic E-state index is 0.0150. The lowest BCUT2D eigenvalue weighted by Crippen LogP contribution is -2.25. The third-order valence-corrected chi connectivity index (χ3v) is 3.97. The Hall–Kier alpha value is -0.870. The molecule has 4 heteroatoms. The quantitative estimate of drug-likeness (QED) is 0.695. The fourth-order valence-electron chi connectivity index (χ4n) is 2.08. The van der Waals surface area contributed by atoms with Crippen molar-refractivity contribution in [3.05, 3.63) is 34.3 Å². The summed E-state index contributed by atoms with van der Waals surface area (Å²) in [7, 11) is 0. The molecule has 1 aromatic carbocycles. The predicted molar refractivity (Wildman–Crippen MR) is 88.1 cm³/mol. The van der Waals surface area contributed by atoms with Crippen LogP contribution >= 0.6 is 15.9 Å². The lowest BCUT2D eigenvalue weighted by molar-refractivity contribution is 0.0953. The highest BCUT2D eigenvalue weighted by Crippen LogP contribution is 2.10. The summed E-state index contributed by atoms with van der Waals surface area (Å²) in [5.41, 5.74) is 0.719. The first-order valence-corrected chi connectivity index (χ1v) is 8.22. The number of unbranched alkanes of at least 4 members (excludes halogenated alkanes) is 2. The van der Waals surface area contributed by atoms with Gasteiger partial charge < -0.3 is 10.2 Å². The number of halogens is 1. The number of amides is 1. The Labute approximate surface area is 130 Å². The van der Waals surface area contributed by atoms with E-state index in [2.05, 4.69) is 40.0 Å². The van der Waals surface area contributed by atoms with Gasteiger partial charge in [0.25, 0.3) is 5.91 Å². The molecular weight excluding hydrogens is 316 g/mol. The second-order valence-electron chi connectivity index (χ2n) is 4.85. The van der Waals surface area contributed by atoms with Crippen LogP contribution in [0.5, 0.6) is 0 Å². The predicted octanol–water partition coefficient (Wildman–Crippen LogP) is 3.69. The molecule has 1 N–H and O–H groups in total. The van der Waals surface area contributed by atoms with Crippen molar-refractivity contribution in [2.75, 3.05) is 26.2 Å². The van der Waals surface area contributed by atoms with Gasteiger partial charge in [0.15, 0.2) is 0 Å². The Morgan fingerprint density at radius 1 is 1.10 bits per heavy atom. The van der Waals surface area contributed by atoms with Gasteiger partial charge in [-0.05, 0) is 56.7 Å². The molecular formula is C16H25BrN2O. The Bertz CT molecular complexity index is 388. The lowest BCUT2D eigenvalue weighted by Gasteiger charge is -2.17. The van der Waals surface area contributed by atoms with E-state index in [-0.39, 0.29) is 5.91 Å². The number of rotatable bonds is 9. The number of benzene rings is 1. The number of nitrogens with one attached hydrogen (secondary N) is 1. The molecule has 1 rings (SSSR count). The fraction of sp³-hybridized carbons (Fsp3) is 0.562. The molecule has 1 amide bonds. The molecule has 0 fully saturated rings. The maximum Gasteiger partial charge on any atom is 0.251 e. The Balaban J connectivity index is 2.12. The van der Waals surface area contributed by atoms with Gasteiger partial charge in [-0.3, -0.25) is 4.79 Å². The maximum atomic E-state index is 11.9. The average molecular weight is 341 g/mol. The summed E-state index contributed by atoms with van der Waals surface area (Å²) in [6.07, 6.45) is 3.41. The number of nitrogens with zero attached hydrogens (tertiary/aromatic N) is 1. The summed E-state index contributed by atoms with van der Waals surface area (Å²) < 4.78 is 0.991. The summed E-state index contributed by atoms with van der Waals surface area (Å²) >= 11 is 3.36. The van der Waals surface area contributed by atoms with Crippen molar-refractivity contribution in [3.8, 4) is 0 Å². The van der Waals surface area contributed by atoms with Gasteiger partial charge in [-0.2, -0.15) is 0 Å². The van der Waals surface area contributed by atoms with Crippen LogP contribution in [0.1, 0.15) is 43.5 Å². The van der Waals surface area contributed by atoms with Crippen molar-refractivity contribution in [1.82, 2.24) is 10.2 Å². The number of carbonyl (C=O) groups excluding carboxylic acids is 1. The SMILES string of the molecule is CCN(CC)CCCCCNC(=O)c1ccc(Br)cc1. The summed E-state index contributed by atoms with van der Waals surface area (Å²) in [4.78, 5) is 14.3. The van der Waals surface area contributed by atoms with E-state index in [4.69, 9.17) is 0 Å². The van der Waals surface area contributed by atoms with Gasteiger partial charge in [-0.25, -0.2) is 0 Å². The van der Waals surface area contributed by atoms with E-state index in [0.717, 1.165) is 49.1 Å². The number of hydrogen-bond donors (Lipinski definition) is 1. The zero-order valence-corrected chi connectivity index (χ0v) is 14.1. The second kappa shape index (κ2) is 9.94. The molecule has 0 aromatic heterocycles. The average Bonchev–Trinajstić information content (AvgIpc) is 2.47. The smallest absolute Gasteiger partial charge is 0.251 e. The van der Waals surface area contributed by atoms with Crippen molar-refractivity contribution >= 4 is 21.8 Å². The topological polar surface area (TPSA) is 32.3 Å². The van der Waals surface area contributed by atoms with Gasteiger partial charge in [0.2, 0.25) is 0 Å². The molecule has 112 valence electrons. The van der Waals surface area contributed by atoms with Crippen molar-refractivity contribution in [1.29, 1.82) is 0 Å².